The molecule has 2 aromatic carbocycles. The zero-order valence-electron chi connectivity index (χ0n) is 11.9. The maximum atomic E-state index is 12.5. The fourth-order valence-electron chi connectivity index (χ4n) is 2.33. The van der Waals surface area contributed by atoms with Crippen LogP contribution in [0.15, 0.2) is 48.5 Å². The lowest BCUT2D eigenvalue weighted by Crippen LogP contribution is -2.30. The van der Waals surface area contributed by atoms with Gasteiger partial charge in [0.15, 0.2) is 5.75 Å². The van der Waals surface area contributed by atoms with Crippen molar-refractivity contribution in [3.8, 4) is 5.75 Å². The lowest BCUT2D eigenvalue weighted by molar-refractivity contribution is -0.133. The fourth-order valence-corrected chi connectivity index (χ4v) is 2.33. The Morgan fingerprint density at radius 3 is 2.09 bits per heavy atom. The van der Waals surface area contributed by atoms with Gasteiger partial charge in [-0.15, -0.1) is 0 Å². The first-order valence-electron chi connectivity index (χ1n) is 6.91. The summed E-state index contributed by atoms with van der Waals surface area (Å²) < 4.78 is 5.22. The second-order valence-corrected chi connectivity index (χ2v) is 4.79. The van der Waals surface area contributed by atoms with Crippen LogP contribution in [0.4, 0.5) is 5.69 Å². The second kappa shape index (κ2) is 5.44. The smallest absolute Gasteiger partial charge is 0.310 e. The van der Waals surface area contributed by atoms with Crippen LogP contribution in [0.5, 0.6) is 5.75 Å². The predicted molar refractivity (Wildman–Crippen MR) is 80.0 cm³/mol. The van der Waals surface area contributed by atoms with Crippen LogP contribution < -0.4 is 9.64 Å². The first-order chi connectivity index (χ1) is 10.6. The number of anilines is 1. The number of hydrogen-bond donors (Lipinski definition) is 0. The standard InChI is InChI=1S/C17H13NO4/c1-2-15(19)22-14-10-6-5-9-13(14)18-16(20)11-7-3-4-8-12(11)17(18)21/h3-10H,2H2,1H3. The van der Waals surface area contributed by atoms with Crippen molar-refractivity contribution in [3.05, 3.63) is 59.7 Å². The molecule has 0 bridgehead atoms. The van der Waals surface area contributed by atoms with E-state index in [1.165, 1.54) is 0 Å². The van der Waals surface area contributed by atoms with E-state index in [1.54, 1.807) is 55.5 Å². The lowest BCUT2D eigenvalue weighted by Gasteiger charge is -2.17. The van der Waals surface area contributed by atoms with E-state index in [4.69, 9.17) is 4.74 Å². The minimum atomic E-state index is -0.427. The third-order valence-corrected chi connectivity index (χ3v) is 3.41. The van der Waals surface area contributed by atoms with E-state index >= 15 is 0 Å². The molecule has 1 aliphatic rings. The molecule has 22 heavy (non-hydrogen) atoms. The number of carbonyl (C=O) groups is 3. The summed E-state index contributed by atoms with van der Waals surface area (Å²) in [6, 6.07) is 13.1. The van der Waals surface area contributed by atoms with Gasteiger partial charge in [0.2, 0.25) is 0 Å². The summed E-state index contributed by atoms with van der Waals surface area (Å²) in [5.41, 5.74) is 0.976. The first-order valence-corrected chi connectivity index (χ1v) is 6.91. The highest BCUT2D eigenvalue weighted by Gasteiger charge is 2.37. The van der Waals surface area contributed by atoms with E-state index in [9.17, 15) is 14.4 Å². The van der Waals surface area contributed by atoms with E-state index in [2.05, 4.69) is 0 Å². The number of esters is 1. The molecule has 0 aromatic heterocycles. The van der Waals surface area contributed by atoms with Gasteiger partial charge in [-0.3, -0.25) is 14.4 Å². The molecule has 0 spiro atoms. The number of amides is 2. The zero-order chi connectivity index (χ0) is 15.7. The van der Waals surface area contributed by atoms with Gasteiger partial charge in [-0.2, -0.15) is 0 Å². The van der Waals surface area contributed by atoms with Gasteiger partial charge in [-0.1, -0.05) is 31.2 Å². The van der Waals surface area contributed by atoms with Crippen LogP contribution in [0, 0.1) is 0 Å². The molecule has 2 aromatic rings. The number of fused-ring (bicyclic) bond motifs is 1. The molecule has 0 N–H and O–H groups in total. The van der Waals surface area contributed by atoms with E-state index in [-0.39, 0.29) is 17.9 Å². The quantitative estimate of drug-likeness (QED) is 0.496. The zero-order valence-corrected chi connectivity index (χ0v) is 11.9. The van der Waals surface area contributed by atoms with Gasteiger partial charge in [0, 0.05) is 6.42 Å². The maximum Gasteiger partial charge on any atom is 0.310 e. The van der Waals surface area contributed by atoms with Gasteiger partial charge < -0.3 is 4.74 Å². The molecular weight excluding hydrogens is 282 g/mol. The van der Waals surface area contributed by atoms with Gasteiger partial charge in [0.1, 0.15) is 0 Å². The molecule has 2 amide bonds. The third-order valence-electron chi connectivity index (χ3n) is 3.41. The molecule has 0 fully saturated rings. The van der Waals surface area contributed by atoms with Crippen molar-refractivity contribution in [1.29, 1.82) is 0 Å². The molecule has 0 atom stereocenters. The van der Waals surface area contributed by atoms with E-state index in [1.807, 2.05) is 0 Å². The predicted octanol–water partition coefficient (Wildman–Crippen LogP) is 2.80. The van der Waals surface area contributed by atoms with Crippen LogP contribution in [0.1, 0.15) is 34.1 Å². The Hall–Kier alpha value is -2.95. The van der Waals surface area contributed by atoms with Crippen LogP contribution in [0.2, 0.25) is 0 Å². The molecule has 0 saturated carbocycles. The van der Waals surface area contributed by atoms with Gasteiger partial charge in [-0.25, -0.2) is 4.90 Å². The van der Waals surface area contributed by atoms with Crippen molar-refractivity contribution in [2.45, 2.75) is 13.3 Å². The highest BCUT2D eigenvalue weighted by molar-refractivity contribution is 6.34. The minimum Gasteiger partial charge on any atom is -0.424 e. The van der Waals surface area contributed by atoms with Crippen molar-refractivity contribution in [2.75, 3.05) is 4.90 Å². The molecule has 0 unspecified atom stereocenters. The molecule has 0 saturated heterocycles. The van der Waals surface area contributed by atoms with Crippen molar-refractivity contribution in [3.63, 3.8) is 0 Å². The second-order valence-electron chi connectivity index (χ2n) is 4.79. The van der Waals surface area contributed by atoms with Crippen LogP contribution in [0.25, 0.3) is 0 Å². The molecular formula is C17H13NO4. The molecule has 0 radical (unpaired) electrons. The number of benzene rings is 2. The molecule has 110 valence electrons. The maximum absolute atomic E-state index is 12.5. The minimum absolute atomic E-state index is 0.198. The Morgan fingerprint density at radius 1 is 0.955 bits per heavy atom. The monoisotopic (exact) mass is 295 g/mol. The molecule has 0 aliphatic carbocycles. The lowest BCUT2D eigenvalue weighted by atomic mass is 10.1. The topological polar surface area (TPSA) is 63.7 Å². The average Bonchev–Trinajstić information content (AvgIpc) is 2.80. The normalized spacial score (nSPS) is 13.2. The van der Waals surface area contributed by atoms with Crippen molar-refractivity contribution in [1.82, 2.24) is 0 Å². The van der Waals surface area contributed by atoms with E-state index < -0.39 is 17.8 Å². The number of imide groups is 1. The van der Waals surface area contributed by atoms with Gasteiger partial charge >= 0.3 is 5.97 Å². The molecule has 5 heteroatoms. The number of nitrogens with zero attached hydrogens (tertiary/aromatic N) is 1. The Morgan fingerprint density at radius 2 is 1.50 bits per heavy atom. The number of rotatable bonds is 3. The summed E-state index contributed by atoms with van der Waals surface area (Å²) in [7, 11) is 0. The van der Waals surface area contributed by atoms with Crippen molar-refractivity contribution >= 4 is 23.5 Å². The summed E-state index contributed by atoms with van der Waals surface area (Å²) in [6.07, 6.45) is 0.205. The van der Waals surface area contributed by atoms with E-state index in [0.717, 1.165) is 4.90 Å². The number of carbonyl (C=O) groups excluding carboxylic acids is 3. The van der Waals surface area contributed by atoms with Crippen LogP contribution in [-0.4, -0.2) is 17.8 Å². The van der Waals surface area contributed by atoms with Crippen LogP contribution in [-0.2, 0) is 4.79 Å². The van der Waals surface area contributed by atoms with E-state index in [0.29, 0.717) is 11.1 Å². The van der Waals surface area contributed by atoms with Crippen LogP contribution >= 0.6 is 0 Å². The van der Waals surface area contributed by atoms with Crippen LogP contribution in [0.3, 0.4) is 0 Å². The highest BCUT2D eigenvalue weighted by Crippen LogP contribution is 2.34. The Kier molecular flexibility index (Phi) is 3.47. The molecule has 5 nitrogen and oxygen atoms in total. The third kappa shape index (κ3) is 2.16. The number of hydrogen-bond acceptors (Lipinski definition) is 4. The average molecular weight is 295 g/mol. The molecule has 1 heterocycles. The largest absolute Gasteiger partial charge is 0.424 e. The number of ether oxygens (including phenoxy) is 1. The van der Waals surface area contributed by atoms with Gasteiger partial charge in [0.25, 0.3) is 11.8 Å². The highest BCUT2D eigenvalue weighted by atomic mass is 16.5. The summed E-state index contributed by atoms with van der Waals surface area (Å²) in [4.78, 5) is 37.5. The summed E-state index contributed by atoms with van der Waals surface area (Å²) >= 11 is 0. The Labute approximate surface area is 127 Å². The number of para-hydroxylation sites is 2. The Balaban J connectivity index is 2.05. The van der Waals surface area contributed by atoms with Gasteiger partial charge in [0.05, 0.1) is 16.8 Å². The first kappa shape index (κ1) is 14.0. The molecule has 3 rings (SSSR count). The fraction of sp³-hybridized carbons (Fsp3) is 0.118. The Bertz CT molecular complexity index is 747. The summed E-state index contributed by atoms with van der Waals surface area (Å²) in [6.45, 7) is 1.67. The van der Waals surface area contributed by atoms with Gasteiger partial charge in [-0.05, 0) is 24.3 Å². The summed E-state index contributed by atoms with van der Waals surface area (Å²) in [5.74, 6) is -1.06. The summed E-state index contributed by atoms with van der Waals surface area (Å²) in [5, 5.41) is 0. The SMILES string of the molecule is CCC(=O)Oc1ccccc1N1C(=O)c2ccccc2C1=O. The van der Waals surface area contributed by atoms with Crippen molar-refractivity contribution in [2.24, 2.45) is 0 Å². The molecule has 1 aliphatic heterocycles. The van der Waals surface area contributed by atoms with Crippen molar-refractivity contribution < 1.29 is 19.1 Å².